The molecule has 0 bridgehead atoms. The van der Waals surface area contributed by atoms with Crippen LogP contribution in [0.1, 0.15) is 30.5 Å². The molecule has 1 aliphatic heterocycles. The third kappa shape index (κ3) is 3.73. The number of rotatable bonds is 3. The molecule has 1 aliphatic rings. The summed E-state index contributed by atoms with van der Waals surface area (Å²) in [7, 11) is 0. The summed E-state index contributed by atoms with van der Waals surface area (Å²) in [6, 6.07) is 11.4. The van der Waals surface area contributed by atoms with Gasteiger partial charge in [-0.25, -0.2) is 0 Å². The Balaban J connectivity index is 0.00000161. The Bertz CT molecular complexity index is 600. The fourth-order valence-electron chi connectivity index (χ4n) is 3.14. The zero-order chi connectivity index (χ0) is 13.9. The Morgan fingerprint density at radius 3 is 2.90 bits per heavy atom. The van der Waals surface area contributed by atoms with Crippen LogP contribution in [0.2, 0.25) is 0 Å². The van der Waals surface area contributed by atoms with Crippen LogP contribution in [0.4, 0.5) is 0 Å². The van der Waals surface area contributed by atoms with Crippen molar-refractivity contribution in [3.05, 3.63) is 41.6 Å². The van der Waals surface area contributed by atoms with Crippen molar-refractivity contribution in [2.75, 3.05) is 13.1 Å². The summed E-state index contributed by atoms with van der Waals surface area (Å²) in [6.07, 6.45) is 3.86. The Morgan fingerprint density at radius 1 is 1.24 bits per heavy atom. The van der Waals surface area contributed by atoms with Crippen molar-refractivity contribution in [3.8, 4) is 0 Å². The van der Waals surface area contributed by atoms with Crippen LogP contribution in [-0.4, -0.2) is 29.0 Å². The lowest BCUT2D eigenvalue weighted by Gasteiger charge is -2.35. The number of aromatic nitrogens is 1. The van der Waals surface area contributed by atoms with E-state index in [2.05, 4.69) is 40.2 Å². The standard InChI is InChI=1S/C17H23N3.ClH/c1-13-5-7-15-10-14(6-8-17(15)19-13)12-20-9-3-2-4-16(20)11-18;/h5-8,10,16H,2-4,9,11-12,18H2,1H3;1H. The second-order valence-electron chi connectivity index (χ2n) is 5.84. The molecule has 21 heavy (non-hydrogen) atoms. The van der Waals surface area contributed by atoms with Gasteiger partial charge in [0.1, 0.15) is 0 Å². The van der Waals surface area contributed by atoms with Gasteiger partial charge in [-0.1, -0.05) is 18.6 Å². The SMILES string of the molecule is Cc1ccc2cc(CN3CCCCC3CN)ccc2n1.Cl. The summed E-state index contributed by atoms with van der Waals surface area (Å²) < 4.78 is 0. The molecule has 2 aromatic rings. The predicted octanol–water partition coefficient (Wildman–Crippen LogP) is 3.28. The third-order valence-corrected chi connectivity index (χ3v) is 4.30. The molecule has 1 saturated heterocycles. The smallest absolute Gasteiger partial charge is 0.0705 e. The molecule has 1 unspecified atom stereocenters. The highest BCUT2D eigenvalue weighted by atomic mass is 35.5. The first kappa shape index (κ1) is 16.2. The number of hydrogen-bond donors (Lipinski definition) is 1. The normalized spacial score (nSPS) is 19.4. The molecule has 2 heterocycles. The fraction of sp³-hybridized carbons (Fsp3) is 0.471. The average molecular weight is 306 g/mol. The van der Waals surface area contributed by atoms with Gasteiger partial charge >= 0.3 is 0 Å². The monoisotopic (exact) mass is 305 g/mol. The molecule has 0 amide bonds. The van der Waals surface area contributed by atoms with Gasteiger partial charge in [-0.05, 0) is 50.1 Å². The summed E-state index contributed by atoms with van der Waals surface area (Å²) in [5.41, 5.74) is 9.43. The van der Waals surface area contributed by atoms with E-state index >= 15 is 0 Å². The number of nitrogens with zero attached hydrogens (tertiary/aromatic N) is 2. The zero-order valence-corrected chi connectivity index (χ0v) is 13.4. The first-order valence-corrected chi connectivity index (χ1v) is 7.56. The Hall–Kier alpha value is -1.16. The molecule has 114 valence electrons. The lowest BCUT2D eigenvalue weighted by atomic mass is 10.0. The minimum Gasteiger partial charge on any atom is -0.329 e. The predicted molar refractivity (Wildman–Crippen MR) is 90.8 cm³/mol. The van der Waals surface area contributed by atoms with Gasteiger partial charge < -0.3 is 5.73 Å². The van der Waals surface area contributed by atoms with Crippen LogP contribution in [0.15, 0.2) is 30.3 Å². The maximum absolute atomic E-state index is 5.90. The highest BCUT2D eigenvalue weighted by molar-refractivity contribution is 5.85. The molecule has 3 rings (SSSR count). The van der Waals surface area contributed by atoms with Crippen molar-refractivity contribution in [2.45, 2.75) is 38.8 Å². The van der Waals surface area contributed by atoms with E-state index in [1.165, 1.54) is 36.8 Å². The number of aryl methyl sites for hydroxylation is 1. The number of pyridine rings is 1. The van der Waals surface area contributed by atoms with E-state index in [4.69, 9.17) is 5.73 Å². The Labute approximate surface area is 132 Å². The van der Waals surface area contributed by atoms with E-state index in [1.54, 1.807) is 0 Å². The maximum Gasteiger partial charge on any atom is 0.0705 e. The number of halogens is 1. The molecule has 0 spiro atoms. The lowest BCUT2D eigenvalue weighted by Crippen LogP contribution is -2.43. The van der Waals surface area contributed by atoms with Crippen molar-refractivity contribution >= 4 is 23.3 Å². The van der Waals surface area contributed by atoms with E-state index in [0.717, 1.165) is 24.3 Å². The molecule has 0 aliphatic carbocycles. The number of hydrogen-bond acceptors (Lipinski definition) is 3. The van der Waals surface area contributed by atoms with Crippen molar-refractivity contribution in [1.29, 1.82) is 0 Å². The van der Waals surface area contributed by atoms with Gasteiger partial charge in [0, 0.05) is 30.2 Å². The van der Waals surface area contributed by atoms with E-state index in [9.17, 15) is 0 Å². The van der Waals surface area contributed by atoms with E-state index in [1.807, 2.05) is 6.92 Å². The summed E-state index contributed by atoms with van der Waals surface area (Å²) in [5, 5.41) is 1.23. The molecule has 4 heteroatoms. The summed E-state index contributed by atoms with van der Waals surface area (Å²) in [4.78, 5) is 7.10. The van der Waals surface area contributed by atoms with E-state index in [0.29, 0.717) is 6.04 Å². The molecule has 2 N–H and O–H groups in total. The Kier molecular flexibility index (Phi) is 5.57. The number of benzene rings is 1. The van der Waals surface area contributed by atoms with Gasteiger partial charge in [0.05, 0.1) is 5.52 Å². The van der Waals surface area contributed by atoms with Crippen molar-refractivity contribution in [1.82, 2.24) is 9.88 Å². The molecular weight excluding hydrogens is 282 g/mol. The van der Waals surface area contributed by atoms with E-state index < -0.39 is 0 Å². The van der Waals surface area contributed by atoms with Crippen LogP contribution >= 0.6 is 12.4 Å². The van der Waals surface area contributed by atoms with Gasteiger partial charge in [-0.3, -0.25) is 9.88 Å². The molecule has 0 radical (unpaired) electrons. The summed E-state index contributed by atoms with van der Waals surface area (Å²) in [6.45, 7) is 4.99. The van der Waals surface area contributed by atoms with Crippen LogP contribution in [0.3, 0.4) is 0 Å². The topological polar surface area (TPSA) is 42.1 Å². The van der Waals surface area contributed by atoms with Crippen molar-refractivity contribution in [2.24, 2.45) is 5.73 Å². The summed E-state index contributed by atoms with van der Waals surface area (Å²) in [5.74, 6) is 0. The second-order valence-corrected chi connectivity index (χ2v) is 5.84. The molecule has 1 fully saturated rings. The minimum absolute atomic E-state index is 0. The van der Waals surface area contributed by atoms with Crippen LogP contribution in [0, 0.1) is 6.92 Å². The second kappa shape index (κ2) is 7.21. The molecule has 3 nitrogen and oxygen atoms in total. The van der Waals surface area contributed by atoms with Crippen molar-refractivity contribution in [3.63, 3.8) is 0 Å². The quantitative estimate of drug-likeness (QED) is 0.946. The van der Waals surface area contributed by atoms with Gasteiger partial charge in [-0.2, -0.15) is 0 Å². The van der Waals surface area contributed by atoms with Gasteiger partial charge in [0.2, 0.25) is 0 Å². The molecular formula is C17H24ClN3. The maximum atomic E-state index is 5.90. The molecule has 1 aromatic heterocycles. The molecule has 1 aromatic carbocycles. The van der Waals surface area contributed by atoms with Crippen LogP contribution in [0.25, 0.3) is 10.9 Å². The lowest BCUT2D eigenvalue weighted by molar-refractivity contribution is 0.145. The van der Waals surface area contributed by atoms with Gasteiger partial charge in [0.25, 0.3) is 0 Å². The van der Waals surface area contributed by atoms with Crippen LogP contribution < -0.4 is 5.73 Å². The van der Waals surface area contributed by atoms with Crippen molar-refractivity contribution < 1.29 is 0 Å². The molecule has 1 atom stereocenters. The first-order chi connectivity index (χ1) is 9.76. The largest absolute Gasteiger partial charge is 0.329 e. The number of nitrogens with two attached hydrogens (primary N) is 1. The zero-order valence-electron chi connectivity index (χ0n) is 12.6. The van der Waals surface area contributed by atoms with Crippen LogP contribution in [0.5, 0.6) is 0 Å². The highest BCUT2D eigenvalue weighted by Crippen LogP contribution is 2.21. The number of likely N-dealkylation sites (tertiary alicyclic amines) is 1. The highest BCUT2D eigenvalue weighted by Gasteiger charge is 2.20. The fourth-order valence-corrected chi connectivity index (χ4v) is 3.14. The first-order valence-electron chi connectivity index (χ1n) is 7.56. The number of fused-ring (bicyclic) bond motifs is 1. The average Bonchev–Trinajstić information content (AvgIpc) is 2.48. The minimum atomic E-state index is 0. The van der Waals surface area contributed by atoms with Gasteiger partial charge in [-0.15, -0.1) is 12.4 Å². The molecule has 0 saturated carbocycles. The van der Waals surface area contributed by atoms with Crippen LogP contribution in [-0.2, 0) is 6.54 Å². The summed E-state index contributed by atoms with van der Waals surface area (Å²) >= 11 is 0. The Morgan fingerprint density at radius 2 is 2.10 bits per heavy atom. The van der Waals surface area contributed by atoms with E-state index in [-0.39, 0.29) is 12.4 Å². The van der Waals surface area contributed by atoms with Gasteiger partial charge in [0.15, 0.2) is 0 Å². The number of piperidine rings is 1. The third-order valence-electron chi connectivity index (χ3n) is 4.30.